The zero-order valence-electron chi connectivity index (χ0n) is 11.5. The molecule has 0 saturated carbocycles. The smallest absolute Gasteiger partial charge is 0.210 e. The quantitative estimate of drug-likeness (QED) is 0.782. The second-order valence-corrected chi connectivity index (χ2v) is 8.34. The van der Waals surface area contributed by atoms with Gasteiger partial charge in [0.05, 0.1) is 0 Å². The highest BCUT2D eigenvalue weighted by Gasteiger charge is 2.18. The minimum absolute atomic E-state index is 0.283. The Morgan fingerprint density at radius 1 is 1.33 bits per heavy atom. The molecule has 1 heterocycles. The summed E-state index contributed by atoms with van der Waals surface area (Å²) in [7, 11) is -3.78. The molecule has 0 fully saturated rings. The lowest BCUT2D eigenvalue weighted by Crippen LogP contribution is -2.27. The van der Waals surface area contributed by atoms with Crippen molar-refractivity contribution in [2.75, 3.05) is 12.3 Å². The molecule has 7 heteroatoms. The van der Waals surface area contributed by atoms with Gasteiger partial charge in [0.2, 0.25) is 10.0 Å². The summed E-state index contributed by atoms with van der Waals surface area (Å²) in [5.41, 5.74) is 0.712. The first-order chi connectivity index (χ1) is 9.99. The van der Waals surface area contributed by atoms with Crippen LogP contribution in [0.15, 0.2) is 40.6 Å². The van der Waals surface area contributed by atoms with Crippen molar-refractivity contribution >= 4 is 33.1 Å². The van der Waals surface area contributed by atoms with Gasteiger partial charge in [-0.1, -0.05) is 12.1 Å². The van der Waals surface area contributed by atoms with Gasteiger partial charge in [0.1, 0.15) is 10.7 Å². The summed E-state index contributed by atoms with van der Waals surface area (Å²) in [6, 6.07) is 8.10. The number of thiophene rings is 1. The average Bonchev–Trinajstić information content (AvgIpc) is 2.94. The van der Waals surface area contributed by atoms with Crippen LogP contribution in [0.5, 0.6) is 0 Å². The zero-order valence-corrected chi connectivity index (χ0v) is 14.0. The number of benzene rings is 1. The van der Waals surface area contributed by atoms with E-state index >= 15 is 0 Å². The van der Waals surface area contributed by atoms with Gasteiger partial charge in [0, 0.05) is 22.9 Å². The Hall–Kier alpha value is -0.890. The number of sulfonamides is 1. The van der Waals surface area contributed by atoms with Crippen molar-refractivity contribution in [1.29, 1.82) is 0 Å². The largest absolute Gasteiger partial charge is 0.243 e. The second-order valence-electron chi connectivity index (χ2n) is 4.46. The van der Waals surface area contributed by atoms with Crippen LogP contribution in [0.1, 0.15) is 10.4 Å². The Morgan fingerprint density at radius 2 is 2.14 bits per heavy atom. The molecule has 1 aromatic heterocycles. The maximum Gasteiger partial charge on any atom is 0.243 e. The number of nitrogens with one attached hydrogen (secondary N) is 1. The van der Waals surface area contributed by atoms with Gasteiger partial charge < -0.3 is 0 Å². The Bertz CT molecular complexity index is 684. The first-order valence-corrected chi connectivity index (χ1v) is 9.87. The molecule has 0 aliphatic carbocycles. The Morgan fingerprint density at radius 3 is 2.86 bits per heavy atom. The fourth-order valence-corrected chi connectivity index (χ4v) is 4.73. The Balaban J connectivity index is 1.85. The van der Waals surface area contributed by atoms with Gasteiger partial charge in [-0.05, 0) is 36.1 Å². The predicted molar refractivity (Wildman–Crippen MR) is 86.8 cm³/mol. The predicted octanol–water partition coefficient (Wildman–Crippen LogP) is 3.41. The minimum atomic E-state index is -3.78. The lowest BCUT2D eigenvalue weighted by atomic mass is 10.2. The number of rotatable bonds is 7. The molecule has 2 rings (SSSR count). The lowest BCUT2D eigenvalue weighted by molar-refractivity contribution is 0.558. The number of hydrogen-bond donors (Lipinski definition) is 1. The van der Waals surface area contributed by atoms with E-state index in [2.05, 4.69) is 4.72 Å². The topological polar surface area (TPSA) is 46.2 Å². The van der Waals surface area contributed by atoms with Crippen LogP contribution in [0, 0.1) is 12.7 Å². The van der Waals surface area contributed by atoms with E-state index in [4.69, 9.17) is 0 Å². The van der Waals surface area contributed by atoms with Crippen LogP contribution in [0.2, 0.25) is 0 Å². The molecule has 2 aromatic rings. The van der Waals surface area contributed by atoms with Crippen molar-refractivity contribution in [1.82, 2.24) is 4.72 Å². The fraction of sp³-hybridized carbons (Fsp3) is 0.286. The van der Waals surface area contributed by atoms with E-state index < -0.39 is 15.8 Å². The minimum Gasteiger partial charge on any atom is -0.210 e. The molecule has 0 aliphatic rings. The first-order valence-electron chi connectivity index (χ1n) is 6.35. The van der Waals surface area contributed by atoms with Gasteiger partial charge in [-0.2, -0.15) is 11.8 Å². The molecule has 0 aliphatic heterocycles. The molecule has 0 saturated heterocycles. The number of aryl methyl sites for hydroxylation is 1. The van der Waals surface area contributed by atoms with E-state index in [1.54, 1.807) is 36.1 Å². The monoisotopic (exact) mass is 345 g/mol. The van der Waals surface area contributed by atoms with Gasteiger partial charge >= 0.3 is 0 Å². The maximum absolute atomic E-state index is 13.6. The highest BCUT2D eigenvalue weighted by molar-refractivity contribution is 7.98. The molecular weight excluding hydrogens is 329 g/mol. The van der Waals surface area contributed by atoms with Crippen molar-refractivity contribution in [3.63, 3.8) is 0 Å². The van der Waals surface area contributed by atoms with Crippen LogP contribution in [0.3, 0.4) is 0 Å². The van der Waals surface area contributed by atoms with Crippen LogP contribution in [0.4, 0.5) is 4.39 Å². The van der Waals surface area contributed by atoms with E-state index in [0.717, 1.165) is 5.75 Å². The molecule has 21 heavy (non-hydrogen) atoms. The van der Waals surface area contributed by atoms with Crippen LogP contribution in [-0.4, -0.2) is 20.7 Å². The van der Waals surface area contributed by atoms with Crippen LogP contribution < -0.4 is 4.72 Å². The summed E-state index contributed by atoms with van der Waals surface area (Å²) >= 11 is 3.32. The third-order valence-corrected chi connectivity index (χ3v) is 6.28. The summed E-state index contributed by atoms with van der Waals surface area (Å²) in [6.45, 7) is 2.01. The molecule has 0 amide bonds. The maximum atomic E-state index is 13.6. The molecule has 114 valence electrons. The molecule has 3 nitrogen and oxygen atoms in total. The summed E-state index contributed by atoms with van der Waals surface area (Å²) in [5.74, 6) is 0.780. The standard InChI is InChI=1S/C14H16FNO2S3/c1-11-4-5-13(15)14(9-11)21(17,18)16-6-8-19-10-12-3-2-7-20-12/h2-5,7,9,16H,6,8,10H2,1H3. The molecule has 0 spiro atoms. The van der Waals surface area contributed by atoms with E-state index in [-0.39, 0.29) is 11.4 Å². The van der Waals surface area contributed by atoms with Crippen LogP contribution >= 0.6 is 23.1 Å². The number of halogens is 1. The highest BCUT2D eigenvalue weighted by Crippen LogP contribution is 2.18. The van der Waals surface area contributed by atoms with E-state index in [1.165, 1.54) is 17.0 Å². The summed E-state index contributed by atoms with van der Waals surface area (Å²) in [5, 5.41) is 2.01. The zero-order chi connectivity index (χ0) is 15.3. The van der Waals surface area contributed by atoms with Gasteiger partial charge in [-0.25, -0.2) is 17.5 Å². The Labute approximate surface area is 132 Å². The fourth-order valence-electron chi connectivity index (χ4n) is 1.71. The van der Waals surface area contributed by atoms with Gasteiger partial charge in [-0.3, -0.25) is 0 Å². The SMILES string of the molecule is Cc1ccc(F)c(S(=O)(=O)NCCSCc2cccs2)c1. The van der Waals surface area contributed by atoms with Gasteiger partial charge in [0.15, 0.2) is 0 Å². The summed E-state index contributed by atoms with van der Waals surface area (Å²) in [6.07, 6.45) is 0. The lowest BCUT2D eigenvalue weighted by Gasteiger charge is -2.08. The van der Waals surface area contributed by atoms with Crippen LogP contribution in [-0.2, 0) is 15.8 Å². The molecule has 1 aromatic carbocycles. The summed E-state index contributed by atoms with van der Waals surface area (Å²) in [4.78, 5) is 0.971. The highest BCUT2D eigenvalue weighted by atomic mass is 32.2. The average molecular weight is 345 g/mol. The van der Waals surface area contributed by atoms with Crippen molar-refractivity contribution in [3.05, 3.63) is 52.0 Å². The van der Waals surface area contributed by atoms with Crippen LogP contribution in [0.25, 0.3) is 0 Å². The van der Waals surface area contributed by atoms with Gasteiger partial charge in [-0.15, -0.1) is 11.3 Å². The third-order valence-electron chi connectivity index (χ3n) is 2.74. The Kier molecular flexibility index (Phi) is 5.80. The van der Waals surface area contributed by atoms with E-state index in [9.17, 15) is 12.8 Å². The molecule has 0 bridgehead atoms. The number of hydrogen-bond acceptors (Lipinski definition) is 4. The normalized spacial score (nSPS) is 11.7. The summed E-state index contributed by atoms with van der Waals surface area (Å²) < 4.78 is 40.1. The van der Waals surface area contributed by atoms with Crippen molar-refractivity contribution < 1.29 is 12.8 Å². The molecule has 0 radical (unpaired) electrons. The van der Waals surface area contributed by atoms with E-state index in [1.807, 2.05) is 17.5 Å². The van der Waals surface area contributed by atoms with Crippen molar-refractivity contribution in [2.24, 2.45) is 0 Å². The third kappa shape index (κ3) is 4.81. The van der Waals surface area contributed by atoms with E-state index in [0.29, 0.717) is 11.3 Å². The van der Waals surface area contributed by atoms with Gasteiger partial charge in [0.25, 0.3) is 0 Å². The molecule has 0 atom stereocenters. The number of thioether (sulfide) groups is 1. The first kappa shape index (κ1) is 16.5. The molecular formula is C14H16FNO2S3. The van der Waals surface area contributed by atoms with Crippen molar-refractivity contribution in [3.8, 4) is 0 Å². The van der Waals surface area contributed by atoms with Crippen molar-refractivity contribution in [2.45, 2.75) is 17.6 Å². The molecule has 1 N–H and O–H groups in total. The second kappa shape index (κ2) is 7.40. The molecule has 0 unspecified atom stereocenters.